The Kier molecular flexibility index (Phi) is 5.44. The molecule has 1 aliphatic rings. The second-order valence-electron chi connectivity index (χ2n) is 6.00. The summed E-state index contributed by atoms with van der Waals surface area (Å²) in [6.07, 6.45) is 5.00. The zero-order valence-corrected chi connectivity index (χ0v) is 11.7. The van der Waals surface area contributed by atoms with Crippen LogP contribution in [0, 0.1) is 11.3 Å². The van der Waals surface area contributed by atoms with Crippen molar-refractivity contribution < 1.29 is 9.53 Å². The number of carbonyl (C=O) groups excluding carboxylic acids is 1. The average Bonchev–Trinajstić information content (AvgIpc) is 2.27. The van der Waals surface area contributed by atoms with Gasteiger partial charge in [-0.2, -0.15) is 0 Å². The molecule has 1 fully saturated rings. The Balaban J connectivity index is 2.21. The Labute approximate surface area is 105 Å². The minimum atomic E-state index is -0.0869. The summed E-state index contributed by atoms with van der Waals surface area (Å²) in [6.45, 7) is 9.67. The maximum absolute atomic E-state index is 11.5. The maximum atomic E-state index is 11.5. The van der Waals surface area contributed by atoms with E-state index >= 15 is 0 Å². The number of hydrogen-bond donors (Lipinski definition) is 1. The van der Waals surface area contributed by atoms with Gasteiger partial charge in [0.05, 0.1) is 12.5 Å². The normalized spacial score (nSPS) is 22.1. The summed E-state index contributed by atoms with van der Waals surface area (Å²) in [7, 11) is 0. The molecule has 1 unspecified atom stereocenters. The predicted octanol–water partition coefficient (Wildman–Crippen LogP) is 2.74. The molecule has 3 nitrogen and oxygen atoms in total. The van der Waals surface area contributed by atoms with Gasteiger partial charge in [0.15, 0.2) is 0 Å². The first-order valence-electron chi connectivity index (χ1n) is 6.84. The zero-order chi connectivity index (χ0) is 12.9. The van der Waals surface area contributed by atoms with E-state index in [0.717, 1.165) is 6.54 Å². The third-order valence-corrected chi connectivity index (χ3v) is 3.74. The summed E-state index contributed by atoms with van der Waals surface area (Å²) in [6, 6.07) is 0.583. The van der Waals surface area contributed by atoms with Crippen molar-refractivity contribution in [2.75, 3.05) is 13.2 Å². The molecule has 0 spiro atoms. The number of rotatable bonds is 5. The van der Waals surface area contributed by atoms with Crippen molar-refractivity contribution >= 4 is 5.97 Å². The van der Waals surface area contributed by atoms with Crippen LogP contribution in [0.15, 0.2) is 0 Å². The first kappa shape index (κ1) is 14.5. The lowest BCUT2D eigenvalue weighted by Crippen LogP contribution is -2.39. The average molecular weight is 241 g/mol. The highest BCUT2D eigenvalue weighted by Gasteiger charge is 2.27. The summed E-state index contributed by atoms with van der Waals surface area (Å²) in [5, 5.41) is 3.50. The topological polar surface area (TPSA) is 38.3 Å². The molecule has 1 N–H and O–H groups in total. The summed E-state index contributed by atoms with van der Waals surface area (Å²) >= 11 is 0. The minimum absolute atomic E-state index is 0.0371. The van der Waals surface area contributed by atoms with Crippen molar-refractivity contribution in [2.24, 2.45) is 11.3 Å². The first-order chi connectivity index (χ1) is 7.94. The van der Waals surface area contributed by atoms with Crippen molar-refractivity contribution in [1.82, 2.24) is 5.32 Å². The van der Waals surface area contributed by atoms with E-state index in [0.29, 0.717) is 18.1 Å². The molecule has 0 saturated heterocycles. The molecule has 3 heteroatoms. The van der Waals surface area contributed by atoms with E-state index < -0.39 is 0 Å². The van der Waals surface area contributed by atoms with Gasteiger partial charge in [0.1, 0.15) is 0 Å². The van der Waals surface area contributed by atoms with Crippen molar-refractivity contribution in [3.63, 3.8) is 0 Å². The number of hydrogen-bond acceptors (Lipinski definition) is 3. The number of carbonyl (C=O) groups is 1. The van der Waals surface area contributed by atoms with Gasteiger partial charge in [-0.15, -0.1) is 0 Å². The predicted molar refractivity (Wildman–Crippen MR) is 69.8 cm³/mol. The fourth-order valence-electron chi connectivity index (χ4n) is 2.31. The van der Waals surface area contributed by atoms with Gasteiger partial charge in [0, 0.05) is 12.6 Å². The van der Waals surface area contributed by atoms with Crippen LogP contribution in [0.4, 0.5) is 0 Å². The number of esters is 1. The van der Waals surface area contributed by atoms with Crippen LogP contribution in [0.3, 0.4) is 0 Å². The van der Waals surface area contributed by atoms with Crippen LogP contribution in [-0.2, 0) is 9.53 Å². The van der Waals surface area contributed by atoms with Crippen LogP contribution in [0.25, 0.3) is 0 Å². The van der Waals surface area contributed by atoms with E-state index in [2.05, 4.69) is 19.2 Å². The molecule has 1 atom stereocenters. The molecule has 1 aliphatic carbocycles. The second kappa shape index (κ2) is 6.39. The standard InChI is InChI=1S/C14H27NO2/c1-5-17-13(16)11(2)10-15-12-6-8-14(3,4)9-7-12/h11-12,15H,5-10H2,1-4H3. The SMILES string of the molecule is CCOC(=O)C(C)CNC1CCC(C)(C)CC1. The van der Waals surface area contributed by atoms with E-state index in [9.17, 15) is 4.79 Å². The zero-order valence-electron chi connectivity index (χ0n) is 11.7. The van der Waals surface area contributed by atoms with Crippen molar-refractivity contribution in [3.05, 3.63) is 0 Å². The molecule has 1 saturated carbocycles. The Hall–Kier alpha value is -0.570. The molecule has 0 bridgehead atoms. The van der Waals surface area contributed by atoms with E-state index in [1.165, 1.54) is 25.7 Å². The van der Waals surface area contributed by atoms with Gasteiger partial charge >= 0.3 is 5.97 Å². The van der Waals surface area contributed by atoms with Crippen LogP contribution >= 0.6 is 0 Å². The highest BCUT2D eigenvalue weighted by Crippen LogP contribution is 2.34. The number of ether oxygens (including phenoxy) is 1. The van der Waals surface area contributed by atoms with Gasteiger partial charge in [-0.05, 0) is 38.0 Å². The molecule has 0 aromatic rings. The molecule has 0 aromatic heterocycles. The van der Waals surface area contributed by atoms with Gasteiger partial charge in [-0.3, -0.25) is 4.79 Å². The lowest BCUT2D eigenvalue weighted by Gasteiger charge is -2.35. The largest absolute Gasteiger partial charge is 0.466 e. The van der Waals surface area contributed by atoms with Gasteiger partial charge in [0.2, 0.25) is 0 Å². The van der Waals surface area contributed by atoms with Crippen LogP contribution in [0.2, 0.25) is 0 Å². The van der Waals surface area contributed by atoms with Crippen LogP contribution < -0.4 is 5.32 Å². The van der Waals surface area contributed by atoms with Gasteiger partial charge in [0.25, 0.3) is 0 Å². The van der Waals surface area contributed by atoms with Crippen LogP contribution in [0.5, 0.6) is 0 Å². The van der Waals surface area contributed by atoms with Gasteiger partial charge < -0.3 is 10.1 Å². The molecule has 1 rings (SSSR count). The molecule has 0 aromatic carbocycles. The minimum Gasteiger partial charge on any atom is -0.466 e. The lowest BCUT2D eigenvalue weighted by atomic mass is 9.75. The van der Waals surface area contributed by atoms with Crippen molar-refractivity contribution in [2.45, 2.75) is 59.4 Å². The summed E-state index contributed by atoms with van der Waals surface area (Å²) in [5.74, 6) is -0.124. The summed E-state index contributed by atoms with van der Waals surface area (Å²) in [4.78, 5) is 11.5. The van der Waals surface area contributed by atoms with Crippen molar-refractivity contribution in [3.8, 4) is 0 Å². The molecule has 0 aliphatic heterocycles. The fourth-order valence-corrected chi connectivity index (χ4v) is 2.31. The van der Waals surface area contributed by atoms with E-state index in [4.69, 9.17) is 4.74 Å². The highest BCUT2D eigenvalue weighted by atomic mass is 16.5. The number of nitrogens with one attached hydrogen (secondary N) is 1. The Bertz CT molecular complexity index is 241. The molecule has 0 heterocycles. The Morgan fingerprint density at radius 3 is 2.53 bits per heavy atom. The first-order valence-corrected chi connectivity index (χ1v) is 6.84. The Morgan fingerprint density at radius 2 is 2.00 bits per heavy atom. The summed E-state index contributed by atoms with van der Waals surface area (Å²) in [5.41, 5.74) is 0.505. The third-order valence-electron chi connectivity index (χ3n) is 3.74. The van der Waals surface area contributed by atoms with Crippen LogP contribution in [-0.4, -0.2) is 25.2 Å². The second-order valence-corrected chi connectivity index (χ2v) is 6.00. The molecule has 0 amide bonds. The van der Waals surface area contributed by atoms with Gasteiger partial charge in [-0.25, -0.2) is 0 Å². The molecule has 0 radical (unpaired) electrons. The quantitative estimate of drug-likeness (QED) is 0.752. The van der Waals surface area contributed by atoms with Crippen molar-refractivity contribution in [1.29, 1.82) is 0 Å². The van der Waals surface area contributed by atoms with E-state index in [-0.39, 0.29) is 11.9 Å². The monoisotopic (exact) mass is 241 g/mol. The fraction of sp³-hybridized carbons (Fsp3) is 0.929. The Morgan fingerprint density at radius 1 is 1.41 bits per heavy atom. The summed E-state index contributed by atoms with van der Waals surface area (Å²) < 4.78 is 5.00. The molecular weight excluding hydrogens is 214 g/mol. The van der Waals surface area contributed by atoms with E-state index in [1.807, 2.05) is 13.8 Å². The molecular formula is C14H27NO2. The highest BCUT2D eigenvalue weighted by molar-refractivity contribution is 5.72. The molecule has 17 heavy (non-hydrogen) atoms. The van der Waals surface area contributed by atoms with Gasteiger partial charge in [-0.1, -0.05) is 20.8 Å². The van der Waals surface area contributed by atoms with Crippen LogP contribution in [0.1, 0.15) is 53.4 Å². The lowest BCUT2D eigenvalue weighted by molar-refractivity contribution is -0.147. The molecule has 100 valence electrons. The maximum Gasteiger partial charge on any atom is 0.309 e. The third kappa shape index (κ3) is 5.07. The smallest absolute Gasteiger partial charge is 0.309 e. The van der Waals surface area contributed by atoms with E-state index in [1.54, 1.807) is 0 Å².